The van der Waals surface area contributed by atoms with Crippen LogP contribution in [0.1, 0.15) is 18.4 Å². The molecule has 112 valence electrons. The Balaban J connectivity index is 1.89. The first-order valence-electron chi connectivity index (χ1n) is 6.47. The first-order chi connectivity index (χ1) is 9.38. The number of aryl methyl sites for hydroxylation is 1. The molecule has 0 bridgehead atoms. The van der Waals surface area contributed by atoms with Crippen LogP contribution in [0.15, 0.2) is 18.5 Å². The standard InChI is InChI=1S/C12H19N3O4S/c1-14-5-2-10(9-14)8-13-20(18,19)15-6-3-11(4-7-15)12(16)17/h2,5,9,11,13H,3-4,6-8H2,1H3,(H,16,17). The van der Waals surface area contributed by atoms with Gasteiger partial charge in [-0.1, -0.05) is 0 Å². The van der Waals surface area contributed by atoms with Gasteiger partial charge in [-0.05, 0) is 24.5 Å². The van der Waals surface area contributed by atoms with Crippen molar-refractivity contribution in [3.63, 3.8) is 0 Å². The van der Waals surface area contributed by atoms with E-state index in [0.29, 0.717) is 12.8 Å². The van der Waals surface area contributed by atoms with Gasteiger partial charge in [-0.3, -0.25) is 4.79 Å². The molecule has 2 N–H and O–H groups in total. The van der Waals surface area contributed by atoms with Crippen LogP contribution in [0.5, 0.6) is 0 Å². The fourth-order valence-electron chi connectivity index (χ4n) is 2.27. The Labute approximate surface area is 118 Å². The molecule has 7 nitrogen and oxygen atoms in total. The van der Waals surface area contributed by atoms with Crippen molar-refractivity contribution >= 4 is 16.2 Å². The SMILES string of the molecule is Cn1ccc(CNS(=O)(=O)N2CCC(C(=O)O)CC2)c1. The first kappa shape index (κ1) is 15.0. The normalized spacial score (nSPS) is 18.2. The number of aromatic nitrogens is 1. The monoisotopic (exact) mass is 301 g/mol. The lowest BCUT2D eigenvalue weighted by Gasteiger charge is -2.29. The maximum absolute atomic E-state index is 12.1. The van der Waals surface area contributed by atoms with E-state index < -0.39 is 22.1 Å². The Bertz CT molecular complexity index is 573. The summed E-state index contributed by atoms with van der Waals surface area (Å²) in [5.41, 5.74) is 0.886. The van der Waals surface area contributed by atoms with Crippen LogP contribution in [-0.4, -0.2) is 41.5 Å². The highest BCUT2D eigenvalue weighted by molar-refractivity contribution is 7.87. The van der Waals surface area contributed by atoms with E-state index in [1.165, 1.54) is 4.31 Å². The zero-order valence-corrected chi connectivity index (χ0v) is 12.1. The highest BCUT2D eigenvalue weighted by Crippen LogP contribution is 2.19. The maximum atomic E-state index is 12.1. The molecule has 1 aliphatic heterocycles. The highest BCUT2D eigenvalue weighted by atomic mass is 32.2. The topological polar surface area (TPSA) is 91.6 Å². The van der Waals surface area contributed by atoms with E-state index in [4.69, 9.17) is 5.11 Å². The third-order valence-electron chi connectivity index (χ3n) is 3.49. The molecule has 1 fully saturated rings. The number of hydrogen-bond acceptors (Lipinski definition) is 3. The largest absolute Gasteiger partial charge is 0.481 e. The van der Waals surface area contributed by atoms with E-state index in [0.717, 1.165) is 5.56 Å². The molecule has 1 aromatic heterocycles. The number of carbonyl (C=O) groups is 1. The van der Waals surface area contributed by atoms with Gasteiger partial charge in [0.25, 0.3) is 10.2 Å². The third-order valence-corrected chi connectivity index (χ3v) is 5.05. The molecule has 1 aliphatic rings. The second-order valence-electron chi connectivity index (χ2n) is 5.02. The molecule has 0 radical (unpaired) electrons. The average molecular weight is 301 g/mol. The lowest BCUT2D eigenvalue weighted by atomic mass is 9.99. The van der Waals surface area contributed by atoms with Crippen molar-refractivity contribution in [1.82, 2.24) is 13.6 Å². The highest BCUT2D eigenvalue weighted by Gasteiger charge is 2.30. The number of hydrogen-bond donors (Lipinski definition) is 2. The number of rotatable bonds is 5. The fraction of sp³-hybridized carbons (Fsp3) is 0.583. The van der Waals surface area contributed by atoms with Crippen LogP contribution in [0.2, 0.25) is 0 Å². The zero-order valence-electron chi connectivity index (χ0n) is 11.3. The summed E-state index contributed by atoms with van der Waals surface area (Å²) in [4.78, 5) is 10.8. The molecule has 0 amide bonds. The number of nitrogens with one attached hydrogen (secondary N) is 1. The van der Waals surface area contributed by atoms with Gasteiger partial charge in [-0.2, -0.15) is 17.4 Å². The summed E-state index contributed by atoms with van der Waals surface area (Å²) in [5, 5.41) is 8.90. The molecular formula is C12H19N3O4S. The summed E-state index contributed by atoms with van der Waals surface area (Å²) < 4.78 is 29.9. The van der Waals surface area contributed by atoms with Gasteiger partial charge >= 0.3 is 5.97 Å². The summed E-state index contributed by atoms with van der Waals surface area (Å²) in [6.45, 7) is 0.740. The molecule has 0 unspecified atom stereocenters. The van der Waals surface area contributed by atoms with Crippen LogP contribution in [-0.2, 0) is 28.6 Å². The summed E-state index contributed by atoms with van der Waals surface area (Å²) in [6, 6.07) is 1.85. The zero-order chi connectivity index (χ0) is 14.8. The second-order valence-corrected chi connectivity index (χ2v) is 6.78. The van der Waals surface area contributed by atoms with Crippen molar-refractivity contribution in [2.24, 2.45) is 13.0 Å². The van der Waals surface area contributed by atoms with Crippen LogP contribution < -0.4 is 4.72 Å². The number of carboxylic acid groups (broad SMARTS) is 1. The van der Waals surface area contributed by atoms with Crippen molar-refractivity contribution in [2.45, 2.75) is 19.4 Å². The predicted octanol–water partition coefficient (Wildman–Crippen LogP) is 0.156. The molecule has 0 saturated carbocycles. The number of aliphatic carboxylic acids is 1. The molecule has 1 aromatic rings. The van der Waals surface area contributed by atoms with Gasteiger partial charge in [0.05, 0.1) is 5.92 Å². The molecule has 20 heavy (non-hydrogen) atoms. The molecule has 2 rings (SSSR count). The van der Waals surface area contributed by atoms with Gasteiger partial charge in [0, 0.05) is 39.1 Å². The predicted molar refractivity (Wildman–Crippen MR) is 73.1 cm³/mol. The van der Waals surface area contributed by atoms with Crippen LogP contribution >= 0.6 is 0 Å². The van der Waals surface area contributed by atoms with Gasteiger partial charge in [-0.15, -0.1) is 0 Å². The molecule has 0 aliphatic carbocycles. The van der Waals surface area contributed by atoms with Crippen LogP contribution in [0.25, 0.3) is 0 Å². The van der Waals surface area contributed by atoms with Gasteiger partial charge in [0.2, 0.25) is 0 Å². The van der Waals surface area contributed by atoms with Gasteiger partial charge in [0.1, 0.15) is 0 Å². The van der Waals surface area contributed by atoms with Gasteiger partial charge in [-0.25, -0.2) is 0 Å². The van der Waals surface area contributed by atoms with Crippen molar-refractivity contribution < 1.29 is 18.3 Å². The molecule has 0 spiro atoms. The second kappa shape index (κ2) is 5.94. The maximum Gasteiger partial charge on any atom is 0.306 e. The Morgan fingerprint density at radius 1 is 1.45 bits per heavy atom. The van der Waals surface area contributed by atoms with Crippen molar-refractivity contribution in [1.29, 1.82) is 0 Å². The van der Waals surface area contributed by atoms with E-state index in [2.05, 4.69) is 4.72 Å². The summed E-state index contributed by atoms with van der Waals surface area (Å²) >= 11 is 0. The number of carboxylic acids is 1. The quantitative estimate of drug-likeness (QED) is 0.810. The molecular weight excluding hydrogens is 282 g/mol. The molecule has 0 atom stereocenters. The summed E-state index contributed by atoms with van der Waals surface area (Å²) in [6.07, 6.45) is 4.42. The van der Waals surface area contributed by atoms with Crippen molar-refractivity contribution in [2.75, 3.05) is 13.1 Å². The van der Waals surface area contributed by atoms with E-state index in [9.17, 15) is 13.2 Å². The van der Waals surface area contributed by atoms with E-state index in [-0.39, 0.29) is 19.6 Å². The average Bonchev–Trinajstić information content (AvgIpc) is 2.82. The number of nitrogens with zero attached hydrogens (tertiary/aromatic N) is 2. The lowest BCUT2D eigenvalue weighted by molar-refractivity contribution is -0.142. The van der Waals surface area contributed by atoms with Crippen LogP contribution in [0.3, 0.4) is 0 Å². The van der Waals surface area contributed by atoms with Crippen molar-refractivity contribution in [3.05, 3.63) is 24.0 Å². The minimum absolute atomic E-state index is 0.238. The minimum Gasteiger partial charge on any atom is -0.481 e. The Morgan fingerprint density at radius 2 is 2.10 bits per heavy atom. The smallest absolute Gasteiger partial charge is 0.306 e. The van der Waals surface area contributed by atoms with E-state index in [1.54, 1.807) is 0 Å². The minimum atomic E-state index is -3.54. The third kappa shape index (κ3) is 3.59. The molecule has 8 heteroatoms. The molecule has 1 saturated heterocycles. The Hall–Kier alpha value is -1.38. The Morgan fingerprint density at radius 3 is 2.60 bits per heavy atom. The molecule has 2 heterocycles. The first-order valence-corrected chi connectivity index (χ1v) is 7.91. The van der Waals surface area contributed by atoms with E-state index >= 15 is 0 Å². The van der Waals surface area contributed by atoms with Gasteiger partial charge in [0.15, 0.2) is 0 Å². The van der Waals surface area contributed by atoms with Crippen molar-refractivity contribution in [3.8, 4) is 0 Å². The van der Waals surface area contributed by atoms with E-state index in [1.807, 2.05) is 30.1 Å². The van der Waals surface area contributed by atoms with Crippen LogP contribution in [0.4, 0.5) is 0 Å². The number of piperidine rings is 1. The lowest BCUT2D eigenvalue weighted by Crippen LogP contribution is -2.45. The fourth-order valence-corrected chi connectivity index (χ4v) is 3.50. The Kier molecular flexibility index (Phi) is 4.46. The van der Waals surface area contributed by atoms with Crippen LogP contribution in [0, 0.1) is 5.92 Å². The summed E-state index contributed by atoms with van der Waals surface area (Å²) in [5.74, 6) is -1.28. The molecule has 0 aromatic carbocycles. The summed E-state index contributed by atoms with van der Waals surface area (Å²) in [7, 11) is -1.67. The van der Waals surface area contributed by atoms with Gasteiger partial charge < -0.3 is 9.67 Å².